The summed E-state index contributed by atoms with van der Waals surface area (Å²) in [7, 11) is 0. The Balaban J connectivity index is 1.29. The van der Waals surface area contributed by atoms with Gasteiger partial charge in [0.1, 0.15) is 11.6 Å². The van der Waals surface area contributed by atoms with Crippen LogP contribution in [0.2, 0.25) is 0 Å². The minimum atomic E-state index is -0.227. The first-order valence-electron chi connectivity index (χ1n) is 14.0. The number of amides is 2. The van der Waals surface area contributed by atoms with Crippen LogP contribution in [0.15, 0.2) is 36.5 Å². The van der Waals surface area contributed by atoms with Gasteiger partial charge in [0.15, 0.2) is 5.82 Å². The Bertz CT molecular complexity index is 1330. The number of hydrogen-bond donors (Lipinski definition) is 2. The van der Waals surface area contributed by atoms with Crippen LogP contribution in [0.1, 0.15) is 18.2 Å². The minimum Gasteiger partial charge on any atom is -0.378 e. The van der Waals surface area contributed by atoms with E-state index in [1.807, 2.05) is 43.5 Å². The first-order chi connectivity index (χ1) is 19.7. The van der Waals surface area contributed by atoms with Crippen LogP contribution in [0.4, 0.5) is 28.1 Å². The molecule has 12 nitrogen and oxygen atoms in total. The van der Waals surface area contributed by atoms with Crippen molar-refractivity contribution < 1.29 is 14.3 Å². The fraction of sp³-hybridized carbons (Fsp3) is 0.464. The SMILES string of the molecule is CCNC(=O)Nc1ccc(-c2nc3c(c(N4CCOCC4)n2)CCN(c2nccc(N4CCOCC4)n2)C3)cc1. The number of morpholine rings is 2. The van der Waals surface area contributed by atoms with Crippen LogP contribution in [0.5, 0.6) is 0 Å². The highest BCUT2D eigenvalue weighted by atomic mass is 16.5. The van der Waals surface area contributed by atoms with E-state index in [4.69, 9.17) is 24.4 Å². The third-order valence-electron chi connectivity index (χ3n) is 7.34. The highest BCUT2D eigenvalue weighted by Crippen LogP contribution is 2.32. The van der Waals surface area contributed by atoms with Crippen molar-refractivity contribution in [2.24, 2.45) is 0 Å². The quantitative estimate of drug-likeness (QED) is 0.477. The lowest BCUT2D eigenvalue weighted by Crippen LogP contribution is -2.40. The Morgan fingerprint density at radius 2 is 1.60 bits per heavy atom. The molecule has 5 heterocycles. The smallest absolute Gasteiger partial charge is 0.319 e. The van der Waals surface area contributed by atoms with Crippen LogP contribution in [0.25, 0.3) is 11.4 Å². The number of rotatable bonds is 6. The molecule has 0 unspecified atom stereocenters. The van der Waals surface area contributed by atoms with Gasteiger partial charge in [-0.15, -0.1) is 0 Å². The fourth-order valence-electron chi connectivity index (χ4n) is 5.25. The van der Waals surface area contributed by atoms with Crippen molar-refractivity contribution in [1.82, 2.24) is 25.3 Å². The fourth-order valence-corrected chi connectivity index (χ4v) is 5.25. The molecule has 210 valence electrons. The Hall–Kier alpha value is -4.03. The molecule has 2 aromatic heterocycles. The number of carbonyl (C=O) groups is 1. The Morgan fingerprint density at radius 1 is 0.875 bits per heavy atom. The third-order valence-corrected chi connectivity index (χ3v) is 7.34. The molecule has 40 heavy (non-hydrogen) atoms. The molecular weight excluding hydrogens is 510 g/mol. The van der Waals surface area contributed by atoms with E-state index in [0.717, 1.165) is 62.0 Å². The van der Waals surface area contributed by atoms with E-state index >= 15 is 0 Å². The molecule has 1 aromatic carbocycles. The summed E-state index contributed by atoms with van der Waals surface area (Å²) in [6, 6.07) is 9.38. The third kappa shape index (κ3) is 5.77. The molecule has 0 bridgehead atoms. The number of urea groups is 1. The number of aromatic nitrogens is 4. The number of benzene rings is 1. The largest absolute Gasteiger partial charge is 0.378 e. The second-order valence-electron chi connectivity index (χ2n) is 9.94. The van der Waals surface area contributed by atoms with E-state index < -0.39 is 0 Å². The molecule has 0 spiro atoms. The predicted octanol–water partition coefficient (Wildman–Crippen LogP) is 2.31. The highest BCUT2D eigenvalue weighted by molar-refractivity contribution is 5.89. The van der Waals surface area contributed by atoms with E-state index in [1.54, 1.807) is 0 Å². The lowest BCUT2D eigenvalue weighted by atomic mass is 10.0. The number of carbonyl (C=O) groups excluding carboxylic acids is 1. The maximum atomic E-state index is 11.9. The number of hydrogen-bond acceptors (Lipinski definition) is 10. The van der Waals surface area contributed by atoms with Gasteiger partial charge in [-0.3, -0.25) is 0 Å². The zero-order chi connectivity index (χ0) is 27.3. The van der Waals surface area contributed by atoms with Crippen molar-refractivity contribution in [3.63, 3.8) is 0 Å². The Kier molecular flexibility index (Phi) is 7.87. The van der Waals surface area contributed by atoms with Crippen molar-refractivity contribution in [3.05, 3.63) is 47.8 Å². The van der Waals surface area contributed by atoms with Crippen molar-refractivity contribution in [1.29, 1.82) is 0 Å². The molecule has 2 amide bonds. The molecule has 0 saturated carbocycles. The summed E-state index contributed by atoms with van der Waals surface area (Å²) in [4.78, 5) is 38.3. The molecule has 0 atom stereocenters. The van der Waals surface area contributed by atoms with Gasteiger partial charge >= 0.3 is 6.03 Å². The molecule has 12 heteroatoms. The number of anilines is 4. The van der Waals surface area contributed by atoms with Gasteiger partial charge in [-0.1, -0.05) is 0 Å². The average Bonchev–Trinajstić information content (AvgIpc) is 3.01. The molecule has 2 N–H and O–H groups in total. The van der Waals surface area contributed by atoms with Gasteiger partial charge in [0.25, 0.3) is 0 Å². The normalized spacial score (nSPS) is 17.4. The van der Waals surface area contributed by atoms with Gasteiger partial charge in [0.2, 0.25) is 5.95 Å². The topological polar surface area (TPSA) is 121 Å². The van der Waals surface area contributed by atoms with Crippen molar-refractivity contribution in [3.8, 4) is 11.4 Å². The molecule has 3 aliphatic heterocycles. The van der Waals surface area contributed by atoms with Gasteiger partial charge < -0.3 is 34.8 Å². The van der Waals surface area contributed by atoms with E-state index in [0.29, 0.717) is 57.0 Å². The van der Waals surface area contributed by atoms with Crippen molar-refractivity contribution in [2.45, 2.75) is 19.9 Å². The Labute approximate surface area is 233 Å². The van der Waals surface area contributed by atoms with Gasteiger partial charge in [-0.05, 0) is 43.7 Å². The van der Waals surface area contributed by atoms with E-state index in [9.17, 15) is 4.79 Å². The van der Waals surface area contributed by atoms with Crippen LogP contribution in [-0.2, 0) is 22.4 Å². The molecule has 2 saturated heterocycles. The molecule has 6 rings (SSSR count). The van der Waals surface area contributed by atoms with Crippen LogP contribution >= 0.6 is 0 Å². The molecule has 3 aliphatic rings. The number of nitrogens with zero attached hydrogens (tertiary/aromatic N) is 7. The van der Waals surface area contributed by atoms with Crippen LogP contribution < -0.4 is 25.3 Å². The van der Waals surface area contributed by atoms with E-state index in [-0.39, 0.29) is 6.03 Å². The molecule has 3 aromatic rings. The number of ether oxygens (including phenoxy) is 2. The Morgan fingerprint density at radius 3 is 2.33 bits per heavy atom. The molecule has 0 radical (unpaired) electrons. The monoisotopic (exact) mass is 545 g/mol. The maximum absolute atomic E-state index is 11.9. The first kappa shape index (κ1) is 26.2. The molecular formula is C28H35N9O3. The van der Waals surface area contributed by atoms with Gasteiger partial charge in [-0.2, -0.15) is 4.98 Å². The summed E-state index contributed by atoms with van der Waals surface area (Å²) in [6.07, 6.45) is 2.65. The summed E-state index contributed by atoms with van der Waals surface area (Å²) in [6.45, 7) is 9.89. The summed E-state index contributed by atoms with van der Waals surface area (Å²) in [5.74, 6) is 3.28. The average molecular weight is 546 g/mol. The van der Waals surface area contributed by atoms with E-state index in [2.05, 4.69) is 30.3 Å². The lowest BCUT2D eigenvalue weighted by molar-refractivity contribution is 0.122. The standard InChI is InChI=1S/C28H35N9O3/c1-2-29-28(38)31-21-5-3-20(4-6-21)25-32-23-19-37(10-8-22(23)26(34-25)36-13-17-40-18-14-36)27-30-9-7-24(33-27)35-11-15-39-16-12-35/h3-7,9H,2,8,10-19H2,1H3,(H2,29,31,38). The van der Waals surface area contributed by atoms with Crippen LogP contribution in [-0.4, -0.2) is 91.7 Å². The second kappa shape index (κ2) is 12.0. The highest BCUT2D eigenvalue weighted by Gasteiger charge is 2.28. The number of fused-ring (bicyclic) bond motifs is 1. The van der Waals surface area contributed by atoms with Gasteiger partial charge in [-0.25, -0.2) is 19.7 Å². The summed E-state index contributed by atoms with van der Waals surface area (Å²) < 4.78 is 11.1. The molecule has 0 aliphatic carbocycles. The predicted molar refractivity (Wildman–Crippen MR) is 153 cm³/mol. The minimum absolute atomic E-state index is 0.227. The zero-order valence-corrected chi connectivity index (χ0v) is 22.8. The van der Waals surface area contributed by atoms with Crippen LogP contribution in [0.3, 0.4) is 0 Å². The number of nitrogens with one attached hydrogen (secondary N) is 2. The van der Waals surface area contributed by atoms with Gasteiger partial charge in [0.05, 0.1) is 38.7 Å². The second-order valence-corrected chi connectivity index (χ2v) is 9.94. The van der Waals surface area contributed by atoms with E-state index in [1.165, 1.54) is 5.56 Å². The summed E-state index contributed by atoms with van der Waals surface area (Å²) in [5.41, 5.74) is 3.77. The zero-order valence-electron chi connectivity index (χ0n) is 22.8. The van der Waals surface area contributed by atoms with Crippen LogP contribution in [0, 0.1) is 0 Å². The van der Waals surface area contributed by atoms with Gasteiger partial charge in [0, 0.05) is 62.3 Å². The molecule has 2 fully saturated rings. The van der Waals surface area contributed by atoms with Crippen molar-refractivity contribution >= 4 is 29.3 Å². The lowest BCUT2D eigenvalue weighted by Gasteiger charge is -2.34. The maximum Gasteiger partial charge on any atom is 0.319 e. The van der Waals surface area contributed by atoms with Crippen molar-refractivity contribution in [2.75, 3.05) is 85.7 Å². The summed E-state index contributed by atoms with van der Waals surface area (Å²) in [5, 5.41) is 5.59. The summed E-state index contributed by atoms with van der Waals surface area (Å²) >= 11 is 0. The first-order valence-corrected chi connectivity index (χ1v) is 14.0.